The summed E-state index contributed by atoms with van der Waals surface area (Å²) in [5, 5.41) is 8.94. The van der Waals surface area contributed by atoms with E-state index in [1.54, 1.807) is 0 Å². The first-order valence-corrected chi connectivity index (χ1v) is 7.75. The van der Waals surface area contributed by atoms with Crippen molar-refractivity contribution in [3.8, 4) is 0 Å². The van der Waals surface area contributed by atoms with Gasteiger partial charge in [0.2, 0.25) is 5.91 Å². The second kappa shape index (κ2) is 5.88. The largest absolute Gasteiger partial charge is 0.480 e. The van der Waals surface area contributed by atoms with Gasteiger partial charge in [0.05, 0.1) is 6.42 Å². The molecule has 2 aliphatic carbocycles. The standard InChI is InChI=1S/C17H21NO3/c19-16(18(11-17(20)21)15-7-8-15)10-12-5-6-13-3-1-2-4-14(13)9-12/h5-6,9,15H,1-4,7-8,10-11H2,(H,20,21). The Labute approximate surface area is 124 Å². The minimum atomic E-state index is -0.930. The van der Waals surface area contributed by atoms with Gasteiger partial charge >= 0.3 is 5.97 Å². The van der Waals surface area contributed by atoms with Gasteiger partial charge < -0.3 is 10.0 Å². The van der Waals surface area contributed by atoms with Crippen molar-refractivity contribution >= 4 is 11.9 Å². The van der Waals surface area contributed by atoms with Crippen molar-refractivity contribution in [2.75, 3.05) is 6.54 Å². The molecule has 21 heavy (non-hydrogen) atoms. The molecule has 112 valence electrons. The summed E-state index contributed by atoms with van der Waals surface area (Å²) in [6.45, 7) is -0.172. The molecule has 4 heteroatoms. The molecular weight excluding hydrogens is 266 g/mol. The molecular formula is C17H21NO3. The topological polar surface area (TPSA) is 57.6 Å². The van der Waals surface area contributed by atoms with Crippen molar-refractivity contribution in [3.63, 3.8) is 0 Å². The summed E-state index contributed by atoms with van der Waals surface area (Å²) < 4.78 is 0. The number of aryl methyl sites for hydroxylation is 2. The van der Waals surface area contributed by atoms with Gasteiger partial charge in [-0.3, -0.25) is 9.59 Å². The summed E-state index contributed by atoms with van der Waals surface area (Å²) in [5.74, 6) is -0.989. The fourth-order valence-corrected chi connectivity index (χ4v) is 3.13. The Hall–Kier alpha value is -1.84. The minimum Gasteiger partial charge on any atom is -0.480 e. The molecule has 0 aromatic heterocycles. The highest BCUT2D eigenvalue weighted by Crippen LogP contribution is 2.28. The normalized spacial score (nSPS) is 17.1. The number of hydrogen-bond donors (Lipinski definition) is 1. The molecule has 3 rings (SSSR count). The molecule has 0 radical (unpaired) electrons. The van der Waals surface area contributed by atoms with E-state index in [0.717, 1.165) is 31.2 Å². The minimum absolute atomic E-state index is 0.0596. The van der Waals surface area contributed by atoms with Crippen LogP contribution in [0.15, 0.2) is 18.2 Å². The first kappa shape index (κ1) is 14.1. The van der Waals surface area contributed by atoms with Gasteiger partial charge in [-0.1, -0.05) is 18.2 Å². The number of benzene rings is 1. The lowest BCUT2D eigenvalue weighted by atomic mass is 9.90. The molecule has 0 unspecified atom stereocenters. The van der Waals surface area contributed by atoms with Crippen LogP contribution < -0.4 is 0 Å². The van der Waals surface area contributed by atoms with E-state index in [0.29, 0.717) is 6.42 Å². The van der Waals surface area contributed by atoms with Crippen LogP contribution in [0.3, 0.4) is 0 Å². The van der Waals surface area contributed by atoms with Gasteiger partial charge in [0.1, 0.15) is 6.54 Å². The number of aliphatic carboxylic acids is 1. The monoisotopic (exact) mass is 287 g/mol. The van der Waals surface area contributed by atoms with Crippen LogP contribution in [0.4, 0.5) is 0 Å². The van der Waals surface area contributed by atoms with Crippen LogP contribution in [0.1, 0.15) is 42.4 Å². The number of amides is 1. The molecule has 0 spiro atoms. The molecule has 1 N–H and O–H groups in total. The first-order chi connectivity index (χ1) is 10.1. The number of carboxylic acids is 1. The second-order valence-electron chi connectivity index (χ2n) is 6.13. The van der Waals surface area contributed by atoms with Gasteiger partial charge in [-0.2, -0.15) is 0 Å². The predicted molar refractivity (Wildman–Crippen MR) is 79.2 cm³/mol. The van der Waals surface area contributed by atoms with Gasteiger partial charge in [-0.05, 0) is 55.2 Å². The van der Waals surface area contributed by atoms with Crippen molar-refractivity contribution in [1.82, 2.24) is 4.90 Å². The van der Waals surface area contributed by atoms with Gasteiger partial charge in [0.15, 0.2) is 0 Å². The van der Waals surface area contributed by atoms with Crippen LogP contribution in [0.2, 0.25) is 0 Å². The van der Waals surface area contributed by atoms with Crippen LogP contribution in [-0.2, 0) is 28.9 Å². The zero-order valence-electron chi connectivity index (χ0n) is 12.2. The zero-order chi connectivity index (χ0) is 14.8. The SMILES string of the molecule is O=C(O)CN(C(=O)Cc1ccc2c(c1)CCCC2)C1CC1. The summed E-state index contributed by atoms with van der Waals surface area (Å²) in [4.78, 5) is 24.8. The average Bonchev–Trinajstić information content (AvgIpc) is 3.29. The summed E-state index contributed by atoms with van der Waals surface area (Å²) in [6, 6.07) is 6.44. The number of fused-ring (bicyclic) bond motifs is 1. The molecule has 0 bridgehead atoms. The van der Waals surface area contributed by atoms with E-state index in [9.17, 15) is 9.59 Å². The Morgan fingerprint density at radius 1 is 1.14 bits per heavy atom. The third-order valence-corrected chi connectivity index (χ3v) is 4.38. The highest BCUT2D eigenvalue weighted by atomic mass is 16.4. The van der Waals surface area contributed by atoms with Crippen LogP contribution >= 0.6 is 0 Å². The van der Waals surface area contributed by atoms with Gasteiger partial charge in [0.25, 0.3) is 0 Å². The maximum absolute atomic E-state index is 12.4. The van der Waals surface area contributed by atoms with Crippen LogP contribution in [0, 0.1) is 0 Å². The summed E-state index contributed by atoms with van der Waals surface area (Å²) >= 11 is 0. The Morgan fingerprint density at radius 3 is 2.52 bits per heavy atom. The second-order valence-corrected chi connectivity index (χ2v) is 6.13. The van der Waals surface area contributed by atoms with E-state index < -0.39 is 5.97 Å². The highest BCUT2D eigenvalue weighted by molar-refractivity contribution is 5.83. The number of rotatable bonds is 5. The molecule has 2 aliphatic rings. The lowest BCUT2D eigenvalue weighted by molar-refractivity contribution is -0.144. The molecule has 0 atom stereocenters. The zero-order valence-corrected chi connectivity index (χ0v) is 12.2. The lowest BCUT2D eigenvalue weighted by Crippen LogP contribution is -2.38. The lowest BCUT2D eigenvalue weighted by Gasteiger charge is -2.21. The third kappa shape index (κ3) is 3.43. The molecule has 1 amide bonds. The van der Waals surface area contributed by atoms with E-state index in [1.165, 1.54) is 28.9 Å². The number of hydrogen-bond acceptors (Lipinski definition) is 2. The van der Waals surface area contributed by atoms with Gasteiger partial charge in [-0.15, -0.1) is 0 Å². The Bertz CT molecular complexity index is 563. The van der Waals surface area contributed by atoms with Crippen molar-refractivity contribution in [2.24, 2.45) is 0 Å². The van der Waals surface area contributed by atoms with Gasteiger partial charge in [-0.25, -0.2) is 0 Å². The summed E-state index contributed by atoms with van der Waals surface area (Å²) in [5.41, 5.74) is 3.78. The molecule has 4 nitrogen and oxygen atoms in total. The van der Waals surface area contributed by atoms with E-state index in [1.807, 2.05) is 6.07 Å². The van der Waals surface area contributed by atoms with Crippen LogP contribution in [-0.4, -0.2) is 34.5 Å². The molecule has 1 aromatic carbocycles. The Kier molecular flexibility index (Phi) is 3.95. The number of carbonyl (C=O) groups is 2. The van der Waals surface area contributed by atoms with Crippen LogP contribution in [0.25, 0.3) is 0 Å². The summed E-state index contributed by atoms with van der Waals surface area (Å²) in [6.07, 6.45) is 6.88. The smallest absolute Gasteiger partial charge is 0.323 e. The van der Waals surface area contributed by atoms with Crippen molar-refractivity contribution in [2.45, 2.75) is 51.0 Å². The molecule has 0 aliphatic heterocycles. The van der Waals surface area contributed by atoms with Crippen molar-refractivity contribution in [3.05, 3.63) is 34.9 Å². The predicted octanol–water partition coefficient (Wildman–Crippen LogP) is 2.18. The first-order valence-electron chi connectivity index (χ1n) is 7.75. The molecule has 1 aromatic rings. The third-order valence-electron chi connectivity index (χ3n) is 4.38. The number of carboxylic acid groups (broad SMARTS) is 1. The fraction of sp³-hybridized carbons (Fsp3) is 0.529. The number of nitrogens with zero attached hydrogens (tertiary/aromatic N) is 1. The molecule has 1 fully saturated rings. The number of carbonyl (C=O) groups excluding carboxylic acids is 1. The maximum Gasteiger partial charge on any atom is 0.323 e. The van der Waals surface area contributed by atoms with Gasteiger partial charge in [0, 0.05) is 6.04 Å². The average molecular weight is 287 g/mol. The Morgan fingerprint density at radius 2 is 1.86 bits per heavy atom. The molecule has 0 saturated heterocycles. The highest BCUT2D eigenvalue weighted by Gasteiger charge is 2.33. The van der Waals surface area contributed by atoms with Crippen molar-refractivity contribution < 1.29 is 14.7 Å². The molecule has 0 heterocycles. The fourth-order valence-electron chi connectivity index (χ4n) is 3.13. The maximum atomic E-state index is 12.4. The quantitative estimate of drug-likeness (QED) is 0.903. The van der Waals surface area contributed by atoms with E-state index in [2.05, 4.69) is 12.1 Å². The van der Waals surface area contributed by atoms with E-state index in [4.69, 9.17) is 5.11 Å². The summed E-state index contributed by atoms with van der Waals surface area (Å²) in [7, 11) is 0. The van der Waals surface area contributed by atoms with Crippen LogP contribution in [0.5, 0.6) is 0 Å². The van der Waals surface area contributed by atoms with Crippen molar-refractivity contribution in [1.29, 1.82) is 0 Å². The Balaban J connectivity index is 1.69. The molecule has 1 saturated carbocycles. The van der Waals surface area contributed by atoms with E-state index in [-0.39, 0.29) is 18.5 Å². The van der Waals surface area contributed by atoms with E-state index >= 15 is 0 Å².